The molecular formula is C17H18N2O2. The molecule has 21 heavy (non-hydrogen) atoms. The number of benzene rings is 1. The third-order valence-electron chi connectivity index (χ3n) is 3.58. The smallest absolute Gasteiger partial charge is 0.139 e. The van der Waals surface area contributed by atoms with Crippen LogP contribution in [0.4, 0.5) is 0 Å². The van der Waals surface area contributed by atoms with Crippen LogP contribution in [-0.4, -0.2) is 17.3 Å². The van der Waals surface area contributed by atoms with Crippen molar-refractivity contribution in [2.75, 3.05) is 7.11 Å². The summed E-state index contributed by atoms with van der Waals surface area (Å²) in [4.78, 5) is 4.69. The molecule has 2 heterocycles. The lowest BCUT2D eigenvalue weighted by molar-refractivity contribution is 0.373. The van der Waals surface area contributed by atoms with Crippen molar-refractivity contribution in [1.29, 1.82) is 0 Å². The monoisotopic (exact) mass is 282 g/mol. The molecule has 0 N–H and O–H groups in total. The maximum absolute atomic E-state index is 5.36. The molecule has 0 saturated heterocycles. The Labute approximate surface area is 123 Å². The summed E-state index contributed by atoms with van der Waals surface area (Å²) in [5, 5.41) is 5.25. The van der Waals surface area contributed by atoms with Gasteiger partial charge in [-0.1, -0.05) is 19.0 Å². The minimum Gasteiger partial charge on any atom is -0.497 e. The maximum atomic E-state index is 5.36. The molecule has 0 bridgehead atoms. The molecule has 4 nitrogen and oxygen atoms in total. The number of ether oxygens (including phenoxy) is 1. The Hall–Kier alpha value is -2.36. The van der Waals surface area contributed by atoms with Gasteiger partial charge in [0.15, 0.2) is 0 Å². The van der Waals surface area contributed by atoms with Crippen LogP contribution < -0.4 is 4.74 Å². The summed E-state index contributed by atoms with van der Waals surface area (Å²) in [6.07, 6.45) is 0. The lowest BCUT2D eigenvalue weighted by Crippen LogP contribution is -1.90. The van der Waals surface area contributed by atoms with E-state index in [1.807, 2.05) is 30.3 Å². The summed E-state index contributed by atoms with van der Waals surface area (Å²) < 4.78 is 10.6. The van der Waals surface area contributed by atoms with Gasteiger partial charge in [0.1, 0.15) is 17.2 Å². The second kappa shape index (κ2) is 5.20. The molecule has 0 aliphatic carbocycles. The Balaban J connectivity index is 2.13. The molecule has 2 aromatic heterocycles. The van der Waals surface area contributed by atoms with Crippen LogP contribution in [0, 0.1) is 6.92 Å². The topological polar surface area (TPSA) is 48.2 Å². The predicted octanol–water partition coefficient (Wildman–Crippen LogP) is 4.33. The number of pyridine rings is 1. The van der Waals surface area contributed by atoms with E-state index in [0.717, 1.165) is 39.4 Å². The molecule has 0 amide bonds. The Bertz CT molecular complexity index is 791. The molecule has 3 aromatic rings. The van der Waals surface area contributed by atoms with Crippen molar-refractivity contribution in [3.8, 4) is 17.1 Å². The quantitative estimate of drug-likeness (QED) is 0.717. The van der Waals surface area contributed by atoms with E-state index in [1.54, 1.807) is 7.11 Å². The summed E-state index contributed by atoms with van der Waals surface area (Å²) in [6, 6.07) is 9.91. The van der Waals surface area contributed by atoms with Crippen LogP contribution in [0.1, 0.15) is 31.1 Å². The van der Waals surface area contributed by atoms with Crippen molar-refractivity contribution in [1.82, 2.24) is 10.1 Å². The van der Waals surface area contributed by atoms with Crippen LogP contribution in [-0.2, 0) is 0 Å². The highest BCUT2D eigenvalue weighted by molar-refractivity contribution is 5.85. The van der Waals surface area contributed by atoms with Crippen molar-refractivity contribution in [2.24, 2.45) is 0 Å². The summed E-state index contributed by atoms with van der Waals surface area (Å²) >= 11 is 0. The number of aromatic nitrogens is 2. The van der Waals surface area contributed by atoms with Gasteiger partial charge in [-0.3, -0.25) is 0 Å². The molecule has 3 rings (SSSR count). The molecular weight excluding hydrogens is 264 g/mol. The van der Waals surface area contributed by atoms with Crippen molar-refractivity contribution in [3.05, 3.63) is 41.7 Å². The van der Waals surface area contributed by atoms with E-state index < -0.39 is 0 Å². The van der Waals surface area contributed by atoms with Gasteiger partial charge in [0.25, 0.3) is 0 Å². The molecule has 0 unspecified atom stereocenters. The standard InChI is InChI=1S/C17H18N2O2/c1-10(2)17-9-16(19-21-17)15-7-11(3)13-6-5-12(20-4)8-14(13)18-15/h5-10H,1-4H3. The lowest BCUT2D eigenvalue weighted by atomic mass is 10.1. The largest absolute Gasteiger partial charge is 0.497 e. The first-order valence-electron chi connectivity index (χ1n) is 7.01. The number of nitrogens with zero attached hydrogens (tertiary/aromatic N) is 2. The number of hydrogen-bond acceptors (Lipinski definition) is 4. The van der Waals surface area contributed by atoms with E-state index in [-0.39, 0.29) is 0 Å². The lowest BCUT2D eigenvalue weighted by Gasteiger charge is -2.06. The Morgan fingerprint density at radius 2 is 1.90 bits per heavy atom. The number of fused-ring (bicyclic) bond motifs is 1. The van der Waals surface area contributed by atoms with E-state index in [9.17, 15) is 0 Å². The predicted molar refractivity (Wildman–Crippen MR) is 82.6 cm³/mol. The number of hydrogen-bond donors (Lipinski definition) is 0. The van der Waals surface area contributed by atoms with Crippen molar-refractivity contribution >= 4 is 10.9 Å². The van der Waals surface area contributed by atoms with Gasteiger partial charge in [0.05, 0.1) is 18.3 Å². The third-order valence-corrected chi connectivity index (χ3v) is 3.58. The SMILES string of the molecule is COc1ccc2c(C)cc(-c3cc(C(C)C)on3)nc2c1. The summed E-state index contributed by atoms with van der Waals surface area (Å²) in [5.41, 5.74) is 3.65. The molecule has 4 heteroatoms. The number of aryl methyl sites for hydroxylation is 1. The van der Waals surface area contributed by atoms with Gasteiger partial charge in [-0.15, -0.1) is 0 Å². The average molecular weight is 282 g/mol. The van der Waals surface area contributed by atoms with Gasteiger partial charge in [0.2, 0.25) is 0 Å². The second-order valence-corrected chi connectivity index (χ2v) is 5.48. The molecule has 0 saturated carbocycles. The van der Waals surface area contributed by atoms with Crippen molar-refractivity contribution in [3.63, 3.8) is 0 Å². The summed E-state index contributed by atoms with van der Waals surface area (Å²) in [5.74, 6) is 1.98. The highest BCUT2D eigenvalue weighted by Gasteiger charge is 2.12. The fourth-order valence-electron chi connectivity index (χ4n) is 2.32. The van der Waals surface area contributed by atoms with Gasteiger partial charge < -0.3 is 9.26 Å². The summed E-state index contributed by atoms with van der Waals surface area (Å²) in [6.45, 7) is 6.23. The van der Waals surface area contributed by atoms with Crippen LogP contribution >= 0.6 is 0 Å². The molecule has 108 valence electrons. The van der Waals surface area contributed by atoms with Gasteiger partial charge in [-0.05, 0) is 30.7 Å². The highest BCUT2D eigenvalue weighted by atomic mass is 16.5. The number of methoxy groups -OCH3 is 1. The highest BCUT2D eigenvalue weighted by Crippen LogP contribution is 2.28. The zero-order valence-corrected chi connectivity index (χ0v) is 12.7. The minimum absolute atomic E-state index is 0.313. The van der Waals surface area contributed by atoms with Crippen LogP contribution in [0.25, 0.3) is 22.3 Å². The molecule has 0 aliphatic heterocycles. The Kier molecular flexibility index (Phi) is 3.37. The minimum atomic E-state index is 0.313. The number of rotatable bonds is 3. The van der Waals surface area contributed by atoms with Gasteiger partial charge in [-0.2, -0.15) is 0 Å². The van der Waals surface area contributed by atoms with Crippen LogP contribution in [0.2, 0.25) is 0 Å². The molecule has 0 atom stereocenters. The molecule has 0 radical (unpaired) electrons. The van der Waals surface area contributed by atoms with Gasteiger partial charge in [-0.25, -0.2) is 4.98 Å². The fraction of sp³-hybridized carbons (Fsp3) is 0.294. The fourth-order valence-corrected chi connectivity index (χ4v) is 2.32. The zero-order valence-electron chi connectivity index (χ0n) is 12.7. The second-order valence-electron chi connectivity index (χ2n) is 5.48. The Morgan fingerprint density at radius 3 is 2.57 bits per heavy atom. The van der Waals surface area contributed by atoms with E-state index in [4.69, 9.17) is 9.26 Å². The molecule has 0 spiro atoms. The van der Waals surface area contributed by atoms with Crippen LogP contribution in [0.5, 0.6) is 5.75 Å². The zero-order chi connectivity index (χ0) is 15.0. The van der Waals surface area contributed by atoms with Gasteiger partial charge >= 0.3 is 0 Å². The Morgan fingerprint density at radius 1 is 1.10 bits per heavy atom. The molecule has 0 aliphatic rings. The van der Waals surface area contributed by atoms with E-state index in [1.165, 1.54) is 0 Å². The maximum Gasteiger partial charge on any atom is 0.139 e. The van der Waals surface area contributed by atoms with Crippen LogP contribution in [0.3, 0.4) is 0 Å². The molecule has 1 aromatic carbocycles. The van der Waals surface area contributed by atoms with Gasteiger partial charge in [0, 0.05) is 23.4 Å². The van der Waals surface area contributed by atoms with E-state index in [0.29, 0.717) is 5.92 Å². The first kappa shape index (κ1) is 13.6. The first-order chi connectivity index (χ1) is 10.1. The molecule has 0 fully saturated rings. The van der Waals surface area contributed by atoms with Crippen molar-refractivity contribution in [2.45, 2.75) is 26.7 Å². The average Bonchev–Trinajstić information content (AvgIpc) is 2.96. The van der Waals surface area contributed by atoms with E-state index in [2.05, 4.69) is 30.9 Å². The first-order valence-corrected chi connectivity index (χ1v) is 7.01. The van der Waals surface area contributed by atoms with E-state index >= 15 is 0 Å². The summed E-state index contributed by atoms with van der Waals surface area (Å²) in [7, 11) is 1.66. The van der Waals surface area contributed by atoms with Crippen molar-refractivity contribution < 1.29 is 9.26 Å². The van der Waals surface area contributed by atoms with Crippen LogP contribution in [0.15, 0.2) is 34.9 Å². The third kappa shape index (κ3) is 2.49. The normalized spacial score (nSPS) is 11.3.